The summed E-state index contributed by atoms with van der Waals surface area (Å²) < 4.78 is 11.0. The summed E-state index contributed by atoms with van der Waals surface area (Å²) in [6.07, 6.45) is 5.55. The van der Waals surface area contributed by atoms with E-state index in [1.807, 2.05) is 26.0 Å². The molecular weight excluding hydrogens is 344 g/mol. The lowest BCUT2D eigenvalue weighted by atomic mass is 9.95. The Bertz CT molecular complexity index is 924. The van der Waals surface area contributed by atoms with Crippen molar-refractivity contribution >= 4 is 22.8 Å². The molecule has 7 heteroatoms. The lowest BCUT2D eigenvalue weighted by Crippen LogP contribution is -2.41. The van der Waals surface area contributed by atoms with Crippen molar-refractivity contribution in [2.75, 3.05) is 24.5 Å². The Balaban J connectivity index is 1.36. The van der Waals surface area contributed by atoms with Gasteiger partial charge in [-0.05, 0) is 38.8 Å². The van der Waals surface area contributed by atoms with E-state index in [1.165, 1.54) is 0 Å². The number of nitrogens with zero attached hydrogens (tertiary/aromatic N) is 3. The topological polar surface area (TPSA) is 84.4 Å². The molecular formula is C20H24N4O3. The van der Waals surface area contributed by atoms with Crippen LogP contribution in [0, 0.1) is 19.8 Å². The highest BCUT2D eigenvalue weighted by atomic mass is 16.3. The van der Waals surface area contributed by atoms with Crippen molar-refractivity contribution in [2.45, 2.75) is 33.1 Å². The largest absolute Gasteiger partial charge is 0.469 e. The molecule has 4 rings (SSSR count). The Morgan fingerprint density at radius 2 is 2.11 bits per heavy atom. The van der Waals surface area contributed by atoms with Crippen molar-refractivity contribution in [3.05, 3.63) is 41.8 Å². The van der Waals surface area contributed by atoms with E-state index in [2.05, 4.69) is 20.2 Å². The number of furan rings is 2. The van der Waals surface area contributed by atoms with Crippen LogP contribution in [-0.2, 0) is 11.2 Å². The molecule has 3 aromatic rings. The fourth-order valence-corrected chi connectivity index (χ4v) is 3.67. The van der Waals surface area contributed by atoms with Gasteiger partial charge in [-0.15, -0.1) is 0 Å². The summed E-state index contributed by atoms with van der Waals surface area (Å²) in [5.41, 5.74) is 1.71. The zero-order valence-electron chi connectivity index (χ0n) is 15.7. The average Bonchev–Trinajstić information content (AvgIpc) is 3.30. The minimum Gasteiger partial charge on any atom is -0.469 e. The molecule has 3 aromatic heterocycles. The van der Waals surface area contributed by atoms with E-state index in [1.54, 1.807) is 12.6 Å². The molecule has 7 nitrogen and oxygen atoms in total. The molecule has 0 spiro atoms. The third-order valence-electron chi connectivity index (χ3n) is 5.36. The molecule has 1 amide bonds. The predicted molar refractivity (Wildman–Crippen MR) is 102 cm³/mol. The molecule has 1 saturated heterocycles. The lowest BCUT2D eigenvalue weighted by Gasteiger charge is -2.32. The number of hydrogen-bond donors (Lipinski definition) is 1. The second-order valence-electron chi connectivity index (χ2n) is 7.04. The van der Waals surface area contributed by atoms with Gasteiger partial charge in [0.2, 0.25) is 11.6 Å². The number of hydrogen-bond acceptors (Lipinski definition) is 6. The van der Waals surface area contributed by atoms with E-state index in [-0.39, 0.29) is 11.8 Å². The van der Waals surface area contributed by atoms with Gasteiger partial charge in [-0.1, -0.05) is 0 Å². The van der Waals surface area contributed by atoms with Crippen molar-refractivity contribution in [3.63, 3.8) is 0 Å². The first-order chi connectivity index (χ1) is 13.1. The second kappa shape index (κ2) is 7.42. The summed E-state index contributed by atoms with van der Waals surface area (Å²) in [4.78, 5) is 23.4. The van der Waals surface area contributed by atoms with Gasteiger partial charge in [0.05, 0.1) is 11.6 Å². The lowest BCUT2D eigenvalue weighted by molar-refractivity contribution is -0.125. The first-order valence-electron chi connectivity index (χ1n) is 9.39. The molecule has 0 saturated carbocycles. The van der Waals surface area contributed by atoms with Gasteiger partial charge in [0, 0.05) is 37.5 Å². The van der Waals surface area contributed by atoms with E-state index in [0.717, 1.165) is 60.6 Å². The fraction of sp³-hybridized carbons (Fsp3) is 0.450. The molecule has 4 heterocycles. The van der Waals surface area contributed by atoms with Gasteiger partial charge in [-0.25, -0.2) is 9.97 Å². The molecule has 1 aliphatic heterocycles. The van der Waals surface area contributed by atoms with E-state index in [0.29, 0.717) is 12.3 Å². The SMILES string of the molecule is Cc1oc2ncnc(N3CCC(C(=O)NCCc4ccco4)CC3)c2c1C. The van der Waals surface area contributed by atoms with E-state index >= 15 is 0 Å². The molecule has 0 bridgehead atoms. The smallest absolute Gasteiger partial charge is 0.231 e. The van der Waals surface area contributed by atoms with Crippen molar-refractivity contribution in [1.29, 1.82) is 0 Å². The molecule has 1 fully saturated rings. The summed E-state index contributed by atoms with van der Waals surface area (Å²) in [5, 5.41) is 4.01. The summed E-state index contributed by atoms with van der Waals surface area (Å²) in [6.45, 7) is 6.18. The normalized spacial score (nSPS) is 15.4. The van der Waals surface area contributed by atoms with Crippen LogP contribution in [0.4, 0.5) is 5.82 Å². The van der Waals surface area contributed by atoms with Crippen LogP contribution < -0.4 is 10.2 Å². The van der Waals surface area contributed by atoms with Crippen LogP contribution in [0.15, 0.2) is 33.6 Å². The standard InChI is InChI=1S/C20H24N4O3/c1-13-14(2)27-20-17(13)18(22-12-23-20)24-9-6-15(7-10-24)19(25)21-8-5-16-4-3-11-26-16/h3-4,11-12,15H,5-10H2,1-2H3,(H,21,25). The monoisotopic (exact) mass is 368 g/mol. The van der Waals surface area contributed by atoms with Gasteiger partial charge in [0.15, 0.2) is 0 Å². The number of nitrogens with one attached hydrogen (secondary N) is 1. The van der Waals surface area contributed by atoms with Crippen LogP contribution in [0.3, 0.4) is 0 Å². The molecule has 0 radical (unpaired) electrons. The van der Waals surface area contributed by atoms with Crippen LogP contribution in [0.25, 0.3) is 11.1 Å². The molecule has 1 N–H and O–H groups in total. The Morgan fingerprint density at radius 1 is 1.30 bits per heavy atom. The molecule has 0 atom stereocenters. The number of carbonyl (C=O) groups excluding carboxylic acids is 1. The molecule has 0 aromatic carbocycles. The van der Waals surface area contributed by atoms with Crippen LogP contribution in [0.5, 0.6) is 0 Å². The predicted octanol–water partition coefficient (Wildman–Crippen LogP) is 3.01. The number of aromatic nitrogens is 2. The zero-order chi connectivity index (χ0) is 18.8. The van der Waals surface area contributed by atoms with E-state index < -0.39 is 0 Å². The molecule has 27 heavy (non-hydrogen) atoms. The number of amides is 1. The molecule has 0 aliphatic carbocycles. The van der Waals surface area contributed by atoms with E-state index in [4.69, 9.17) is 8.83 Å². The minimum absolute atomic E-state index is 0.0439. The van der Waals surface area contributed by atoms with Gasteiger partial charge in [-0.2, -0.15) is 0 Å². The maximum absolute atomic E-state index is 12.4. The number of carbonyl (C=O) groups is 1. The Kier molecular flexibility index (Phi) is 4.83. The Hall–Kier alpha value is -2.83. The second-order valence-corrected chi connectivity index (χ2v) is 7.04. The highest BCUT2D eigenvalue weighted by Gasteiger charge is 2.27. The van der Waals surface area contributed by atoms with Crippen LogP contribution in [-0.4, -0.2) is 35.5 Å². The van der Waals surface area contributed by atoms with Gasteiger partial charge >= 0.3 is 0 Å². The summed E-state index contributed by atoms with van der Waals surface area (Å²) in [6, 6.07) is 3.78. The van der Waals surface area contributed by atoms with Crippen molar-refractivity contribution in [1.82, 2.24) is 15.3 Å². The zero-order valence-corrected chi connectivity index (χ0v) is 15.7. The maximum Gasteiger partial charge on any atom is 0.231 e. The van der Waals surface area contributed by atoms with Crippen LogP contribution >= 0.6 is 0 Å². The van der Waals surface area contributed by atoms with Gasteiger partial charge in [-0.3, -0.25) is 4.79 Å². The van der Waals surface area contributed by atoms with Gasteiger partial charge in [0.25, 0.3) is 0 Å². The third-order valence-corrected chi connectivity index (χ3v) is 5.36. The van der Waals surface area contributed by atoms with Gasteiger partial charge in [0.1, 0.15) is 23.7 Å². The number of anilines is 1. The number of rotatable bonds is 5. The average molecular weight is 368 g/mol. The Labute approximate surface area is 157 Å². The quantitative estimate of drug-likeness (QED) is 0.745. The molecule has 0 unspecified atom stereocenters. The first-order valence-corrected chi connectivity index (χ1v) is 9.39. The third kappa shape index (κ3) is 3.54. The van der Waals surface area contributed by atoms with Crippen molar-refractivity contribution in [2.24, 2.45) is 5.92 Å². The Morgan fingerprint density at radius 3 is 2.85 bits per heavy atom. The maximum atomic E-state index is 12.4. The van der Waals surface area contributed by atoms with E-state index in [9.17, 15) is 4.79 Å². The van der Waals surface area contributed by atoms with Gasteiger partial charge < -0.3 is 19.1 Å². The molecule has 1 aliphatic rings. The highest BCUT2D eigenvalue weighted by Crippen LogP contribution is 2.32. The summed E-state index contributed by atoms with van der Waals surface area (Å²) >= 11 is 0. The van der Waals surface area contributed by atoms with Crippen molar-refractivity contribution in [3.8, 4) is 0 Å². The fourth-order valence-electron chi connectivity index (χ4n) is 3.67. The highest BCUT2D eigenvalue weighted by molar-refractivity contribution is 5.90. The first kappa shape index (κ1) is 17.6. The minimum atomic E-state index is 0.0439. The number of aryl methyl sites for hydroxylation is 2. The summed E-state index contributed by atoms with van der Waals surface area (Å²) in [5.74, 6) is 2.85. The summed E-state index contributed by atoms with van der Waals surface area (Å²) in [7, 11) is 0. The number of piperidine rings is 1. The van der Waals surface area contributed by atoms with Crippen LogP contribution in [0.1, 0.15) is 29.9 Å². The van der Waals surface area contributed by atoms with Crippen molar-refractivity contribution < 1.29 is 13.6 Å². The number of fused-ring (bicyclic) bond motifs is 1. The molecule has 142 valence electrons. The van der Waals surface area contributed by atoms with Crippen LogP contribution in [0.2, 0.25) is 0 Å².